The second-order valence-corrected chi connectivity index (χ2v) is 8.80. The Balaban J connectivity index is 2.42. The van der Waals surface area contributed by atoms with Crippen LogP contribution in [0.4, 0.5) is 11.4 Å². The molecule has 2 N–H and O–H groups in total. The van der Waals surface area contributed by atoms with Crippen molar-refractivity contribution in [2.45, 2.75) is 41.0 Å². The maximum atomic E-state index is 12.8. The van der Waals surface area contributed by atoms with Crippen LogP contribution in [0.5, 0.6) is 0 Å². The summed E-state index contributed by atoms with van der Waals surface area (Å²) in [4.78, 5) is 26.2. The molecule has 0 saturated carbocycles. The number of nitrogens with one attached hydrogen (secondary N) is 1. The minimum atomic E-state index is -0.988. The molecule has 5 nitrogen and oxygen atoms in total. The number of carbonyl (C=O) groups is 2. The molecule has 0 aliphatic heterocycles. The molecular weight excluding hydrogens is 388 g/mol. The average molecular weight is 423 g/mol. The molecule has 0 fully saturated rings. The number of allylic oxidation sites excluding steroid dienone is 1. The molecule has 0 aliphatic carbocycles. The summed E-state index contributed by atoms with van der Waals surface area (Å²) in [6, 6.07) is 15.4. The third-order valence-corrected chi connectivity index (χ3v) is 4.79. The quantitative estimate of drug-likeness (QED) is 0.498. The highest BCUT2D eigenvalue weighted by molar-refractivity contribution is 5.97. The lowest BCUT2D eigenvalue weighted by Crippen LogP contribution is -2.32. The first-order valence-corrected chi connectivity index (χ1v) is 10.8. The van der Waals surface area contributed by atoms with Crippen LogP contribution in [0.1, 0.15) is 45.7 Å². The Kier molecular flexibility index (Phi) is 8.86. The van der Waals surface area contributed by atoms with Gasteiger partial charge in [0.25, 0.3) is 0 Å². The topological polar surface area (TPSA) is 69.6 Å². The second-order valence-electron chi connectivity index (χ2n) is 8.80. The van der Waals surface area contributed by atoms with Gasteiger partial charge in [-0.05, 0) is 47.6 Å². The fourth-order valence-corrected chi connectivity index (χ4v) is 3.55. The molecular formula is C26H34N2O3. The minimum absolute atomic E-state index is 0.0986. The Morgan fingerprint density at radius 2 is 1.61 bits per heavy atom. The number of aliphatic carboxylic acids is 1. The smallest absolute Gasteiger partial charge is 0.328 e. The number of anilines is 2. The van der Waals surface area contributed by atoms with Gasteiger partial charge in [0.2, 0.25) is 5.91 Å². The molecule has 0 radical (unpaired) electrons. The van der Waals surface area contributed by atoms with Gasteiger partial charge >= 0.3 is 5.97 Å². The van der Waals surface area contributed by atoms with Gasteiger partial charge in [-0.2, -0.15) is 0 Å². The van der Waals surface area contributed by atoms with Crippen molar-refractivity contribution in [2.24, 2.45) is 11.8 Å². The molecule has 1 amide bonds. The molecule has 0 aromatic heterocycles. The maximum Gasteiger partial charge on any atom is 0.328 e. The Bertz CT molecular complexity index is 908. The zero-order valence-corrected chi connectivity index (χ0v) is 19.2. The summed E-state index contributed by atoms with van der Waals surface area (Å²) in [5.74, 6) is -0.170. The van der Waals surface area contributed by atoms with E-state index in [1.54, 1.807) is 6.92 Å². The van der Waals surface area contributed by atoms with E-state index in [1.807, 2.05) is 48.5 Å². The molecule has 31 heavy (non-hydrogen) atoms. The van der Waals surface area contributed by atoms with Crippen LogP contribution in [0.25, 0.3) is 5.57 Å². The lowest BCUT2D eigenvalue weighted by Gasteiger charge is -2.31. The van der Waals surface area contributed by atoms with Gasteiger partial charge in [0.05, 0.1) is 17.8 Å². The van der Waals surface area contributed by atoms with Crippen LogP contribution in [-0.2, 0) is 16.0 Å². The average Bonchev–Trinajstić information content (AvgIpc) is 2.67. The van der Waals surface area contributed by atoms with Crippen molar-refractivity contribution < 1.29 is 14.7 Å². The van der Waals surface area contributed by atoms with Gasteiger partial charge in [-0.25, -0.2) is 4.79 Å². The predicted octanol–water partition coefficient (Wildman–Crippen LogP) is 5.47. The van der Waals surface area contributed by atoms with Gasteiger partial charge < -0.3 is 15.3 Å². The number of carboxylic acid groups (broad SMARTS) is 1. The molecule has 0 bridgehead atoms. The molecule has 0 aliphatic rings. The van der Waals surface area contributed by atoms with Crippen molar-refractivity contribution in [3.8, 4) is 0 Å². The van der Waals surface area contributed by atoms with Crippen LogP contribution >= 0.6 is 0 Å². The first kappa shape index (κ1) is 24.2. The van der Waals surface area contributed by atoms with Crippen LogP contribution < -0.4 is 10.2 Å². The van der Waals surface area contributed by atoms with E-state index in [4.69, 9.17) is 5.11 Å². The predicted molar refractivity (Wildman–Crippen MR) is 128 cm³/mol. The van der Waals surface area contributed by atoms with Crippen molar-refractivity contribution in [1.82, 2.24) is 0 Å². The van der Waals surface area contributed by atoms with Crippen LogP contribution in [0.2, 0.25) is 0 Å². The van der Waals surface area contributed by atoms with E-state index < -0.39 is 5.97 Å². The fourth-order valence-electron chi connectivity index (χ4n) is 3.55. The fraction of sp³-hybridized carbons (Fsp3) is 0.385. The zero-order chi connectivity index (χ0) is 23.0. The van der Waals surface area contributed by atoms with Crippen molar-refractivity contribution in [1.29, 1.82) is 0 Å². The minimum Gasteiger partial charge on any atom is -0.478 e. The van der Waals surface area contributed by atoms with Gasteiger partial charge in [0.15, 0.2) is 0 Å². The normalized spacial score (nSPS) is 11.6. The van der Waals surface area contributed by atoms with E-state index in [1.165, 1.54) is 6.08 Å². The van der Waals surface area contributed by atoms with E-state index in [0.717, 1.165) is 29.9 Å². The molecule has 0 atom stereocenters. The molecule has 2 aromatic carbocycles. The maximum absolute atomic E-state index is 12.8. The van der Waals surface area contributed by atoms with Crippen molar-refractivity contribution in [3.63, 3.8) is 0 Å². The number of amides is 1. The highest BCUT2D eigenvalue weighted by atomic mass is 16.4. The summed E-state index contributed by atoms with van der Waals surface area (Å²) in [6.07, 6.45) is 1.47. The van der Waals surface area contributed by atoms with E-state index in [9.17, 15) is 9.59 Å². The first-order chi connectivity index (χ1) is 14.7. The number of nitrogens with zero attached hydrogens (tertiary/aromatic N) is 1. The SMILES string of the molecule is C/C(=C\C(=O)O)c1ccc(N(CC(C)C)CC(C)C)c(NC(=O)Cc2ccccc2)c1. The van der Waals surface area contributed by atoms with Crippen molar-refractivity contribution in [3.05, 3.63) is 65.7 Å². The Morgan fingerprint density at radius 1 is 1.00 bits per heavy atom. The summed E-state index contributed by atoms with van der Waals surface area (Å²) in [6.45, 7) is 12.2. The number of carboxylic acids is 1. The van der Waals surface area contributed by atoms with Crippen LogP contribution in [0.3, 0.4) is 0 Å². The lowest BCUT2D eigenvalue weighted by molar-refractivity contribution is -0.131. The van der Waals surface area contributed by atoms with Crippen LogP contribution in [0.15, 0.2) is 54.6 Å². The molecule has 166 valence electrons. The standard InChI is InChI=1S/C26H34N2O3/c1-18(2)16-28(17-19(3)4)24-12-11-22(20(5)13-26(30)31)15-23(24)27-25(29)14-21-9-7-6-8-10-21/h6-13,15,18-19H,14,16-17H2,1-5H3,(H,27,29)(H,30,31)/b20-13+. The molecule has 2 rings (SSSR count). The van der Waals surface area contributed by atoms with Crippen molar-refractivity contribution >= 4 is 28.8 Å². The number of benzene rings is 2. The summed E-state index contributed by atoms with van der Waals surface area (Å²) in [7, 11) is 0. The van der Waals surface area contributed by atoms with Gasteiger partial charge in [0, 0.05) is 19.2 Å². The number of hydrogen-bond acceptors (Lipinski definition) is 3. The third-order valence-electron chi connectivity index (χ3n) is 4.79. The molecule has 5 heteroatoms. The summed E-state index contributed by atoms with van der Waals surface area (Å²) in [5.41, 5.74) is 4.02. The van der Waals surface area contributed by atoms with Crippen molar-refractivity contribution in [2.75, 3.05) is 23.3 Å². The molecule has 0 heterocycles. The summed E-state index contributed by atoms with van der Waals surface area (Å²) in [5, 5.41) is 12.2. The highest BCUT2D eigenvalue weighted by Gasteiger charge is 2.17. The Hall–Kier alpha value is -3.08. The first-order valence-electron chi connectivity index (χ1n) is 10.8. The number of rotatable bonds is 10. The molecule has 0 spiro atoms. The van der Waals surface area contributed by atoms with Gasteiger partial charge in [-0.3, -0.25) is 4.79 Å². The summed E-state index contributed by atoms with van der Waals surface area (Å²) >= 11 is 0. The molecule has 2 aromatic rings. The zero-order valence-electron chi connectivity index (χ0n) is 19.2. The lowest BCUT2D eigenvalue weighted by atomic mass is 10.0. The van der Waals surface area contributed by atoms with Crippen LogP contribution in [0, 0.1) is 11.8 Å². The van der Waals surface area contributed by atoms with Gasteiger partial charge in [-0.15, -0.1) is 0 Å². The van der Waals surface area contributed by atoms with Gasteiger partial charge in [0.1, 0.15) is 0 Å². The highest BCUT2D eigenvalue weighted by Crippen LogP contribution is 2.31. The second kappa shape index (κ2) is 11.3. The van der Waals surface area contributed by atoms with Gasteiger partial charge in [-0.1, -0.05) is 64.1 Å². The number of carbonyl (C=O) groups excluding carboxylic acids is 1. The molecule has 0 unspecified atom stereocenters. The third kappa shape index (κ3) is 7.93. The Labute approximate surface area is 185 Å². The van der Waals surface area contributed by atoms with E-state index in [2.05, 4.69) is 37.9 Å². The monoisotopic (exact) mass is 422 g/mol. The van der Waals surface area contributed by atoms with Crippen LogP contribution in [-0.4, -0.2) is 30.1 Å². The van der Waals surface area contributed by atoms with E-state index >= 15 is 0 Å². The number of hydrogen-bond donors (Lipinski definition) is 2. The van der Waals surface area contributed by atoms with E-state index in [-0.39, 0.29) is 12.3 Å². The van der Waals surface area contributed by atoms with E-state index in [0.29, 0.717) is 23.1 Å². The summed E-state index contributed by atoms with van der Waals surface area (Å²) < 4.78 is 0. The molecule has 0 saturated heterocycles. The Morgan fingerprint density at radius 3 is 2.16 bits per heavy atom. The largest absolute Gasteiger partial charge is 0.478 e.